The van der Waals surface area contributed by atoms with E-state index in [-0.39, 0.29) is 30.7 Å². The summed E-state index contributed by atoms with van der Waals surface area (Å²) in [5, 5.41) is 6.64. The van der Waals surface area contributed by atoms with Crippen molar-refractivity contribution in [1.29, 1.82) is 0 Å². The summed E-state index contributed by atoms with van der Waals surface area (Å²) in [5.74, 6) is 1.02. The zero-order valence-electron chi connectivity index (χ0n) is 14.7. The molecule has 0 radical (unpaired) electrons. The summed E-state index contributed by atoms with van der Waals surface area (Å²) in [7, 11) is 0. The second-order valence-electron chi connectivity index (χ2n) is 5.78. The standard InChI is InChI=1S/C18H21ClN4O2.2ClH/c19-16-13-14(1-2-17(16)25-15-3-5-20-6-4-15)18(24)22-9-12-23-10-7-21-8-11-23;;/h1-6,13,21H,7-12H2,(H,22,24);2*1H. The molecule has 1 aliphatic rings. The Balaban J connectivity index is 0.00000182. The molecule has 1 saturated heterocycles. The molecular formula is C18H23Cl3N4O2. The van der Waals surface area contributed by atoms with Gasteiger partial charge in [-0.1, -0.05) is 11.6 Å². The molecule has 9 heteroatoms. The Morgan fingerprint density at radius 3 is 2.56 bits per heavy atom. The summed E-state index contributed by atoms with van der Waals surface area (Å²) in [6.45, 7) is 5.51. The van der Waals surface area contributed by atoms with Gasteiger partial charge in [-0.05, 0) is 30.3 Å². The van der Waals surface area contributed by atoms with Crippen LogP contribution in [0.25, 0.3) is 0 Å². The second-order valence-corrected chi connectivity index (χ2v) is 6.18. The van der Waals surface area contributed by atoms with Crippen LogP contribution in [-0.2, 0) is 0 Å². The number of piperazine rings is 1. The van der Waals surface area contributed by atoms with E-state index in [1.807, 2.05) is 0 Å². The van der Waals surface area contributed by atoms with Crippen molar-refractivity contribution < 1.29 is 9.53 Å². The van der Waals surface area contributed by atoms with E-state index < -0.39 is 0 Å². The van der Waals surface area contributed by atoms with Gasteiger partial charge in [0.15, 0.2) is 0 Å². The summed E-state index contributed by atoms with van der Waals surface area (Å²) in [5.41, 5.74) is 0.521. The van der Waals surface area contributed by atoms with Crippen LogP contribution in [0, 0.1) is 0 Å². The summed E-state index contributed by atoms with van der Waals surface area (Å²) in [6.07, 6.45) is 3.28. The van der Waals surface area contributed by atoms with Crippen molar-refractivity contribution in [3.63, 3.8) is 0 Å². The van der Waals surface area contributed by atoms with Crippen LogP contribution in [-0.4, -0.2) is 55.1 Å². The highest BCUT2D eigenvalue weighted by Gasteiger charge is 2.12. The van der Waals surface area contributed by atoms with Gasteiger partial charge in [-0.2, -0.15) is 0 Å². The molecule has 1 fully saturated rings. The minimum atomic E-state index is -0.132. The minimum Gasteiger partial charge on any atom is -0.456 e. The van der Waals surface area contributed by atoms with Gasteiger partial charge >= 0.3 is 0 Å². The molecule has 6 nitrogen and oxygen atoms in total. The first-order valence-corrected chi connectivity index (χ1v) is 8.69. The van der Waals surface area contributed by atoms with E-state index in [1.165, 1.54) is 0 Å². The summed E-state index contributed by atoms with van der Waals surface area (Å²) < 4.78 is 5.69. The lowest BCUT2D eigenvalue weighted by Crippen LogP contribution is -2.46. The number of aromatic nitrogens is 1. The molecule has 1 aromatic carbocycles. The Kier molecular flexibility index (Phi) is 10.4. The molecule has 2 heterocycles. The van der Waals surface area contributed by atoms with Gasteiger partial charge in [-0.25, -0.2) is 0 Å². The number of halogens is 3. The zero-order valence-corrected chi connectivity index (χ0v) is 17.1. The average molecular weight is 434 g/mol. The van der Waals surface area contributed by atoms with E-state index in [0.717, 1.165) is 32.7 Å². The molecule has 0 saturated carbocycles. The van der Waals surface area contributed by atoms with E-state index in [4.69, 9.17) is 16.3 Å². The van der Waals surface area contributed by atoms with E-state index in [2.05, 4.69) is 20.5 Å². The fourth-order valence-corrected chi connectivity index (χ4v) is 2.84. The minimum absolute atomic E-state index is 0. The van der Waals surface area contributed by atoms with Crippen LogP contribution in [0.1, 0.15) is 10.4 Å². The van der Waals surface area contributed by atoms with Crippen LogP contribution in [0.4, 0.5) is 0 Å². The predicted octanol–water partition coefficient (Wildman–Crippen LogP) is 3.01. The quantitative estimate of drug-likeness (QED) is 0.733. The first-order chi connectivity index (χ1) is 12.2. The van der Waals surface area contributed by atoms with Gasteiger partial charge in [-0.15, -0.1) is 24.8 Å². The van der Waals surface area contributed by atoms with E-state index in [1.54, 1.807) is 42.7 Å². The van der Waals surface area contributed by atoms with Crippen molar-refractivity contribution in [3.8, 4) is 11.5 Å². The number of ether oxygens (including phenoxy) is 1. The van der Waals surface area contributed by atoms with E-state index in [9.17, 15) is 4.79 Å². The maximum Gasteiger partial charge on any atom is 0.251 e. The van der Waals surface area contributed by atoms with Gasteiger partial charge in [0.05, 0.1) is 5.02 Å². The Labute approximate surface area is 176 Å². The predicted molar refractivity (Wildman–Crippen MR) is 112 cm³/mol. The average Bonchev–Trinajstić information content (AvgIpc) is 2.65. The van der Waals surface area contributed by atoms with Crippen LogP contribution in [0.5, 0.6) is 11.5 Å². The second kappa shape index (κ2) is 12.0. The molecule has 2 N–H and O–H groups in total. The van der Waals surface area contributed by atoms with Crippen molar-refractivity contribution >= 4 is 42.3 Å². The SMILES string of the molecule is Cl.Cl.O=C(NCCN1CCNCC1)c1ccc(Oc2ccncc2)c(Cl)c1. The lowest BCUT2D eigenvalue weighted by molar-refractivity contribution is 0.0947. The van der Waals surface area contributed by atoms with Crippen molar-refractivity contribution in [2.75, 3.05) is 39.3 Å². The third-order valence-electron chi connectivity index (χ3n) is 3.99. The molecule has 27 heavy (non-hydrogen) atoms. The van der Waals surface area contributed by atoms with Crippen LogP contribution in [0.15, 0.2) is 42.7 Å². The summed E-state index contributed by atoms with van der Waals surface area (Å²) >= 11 is 6.24. The van der Waals surface area contributed by atoms with Gasteiger partial charge in [0.1, 0.15) is 11.5 Å². The zero-order chi connectivity index (χ0) is 17.5. The number of carbonyl (C=O) groups excluding carboxylic acids is 1. The third-order valence-corrected chi connectivity index (χ3v) is 4.29. The maximum atomic E-state index is 12.3. The number of hydrogen-bond donors (Lipinski definition) is 2. The highest BCUT2D eigenvalue weighted by atomic mass is 35.5. The van der Waals surface area contributed by atoms with Crippen molar-refractivity contribution in [2.45, 2.75) is 0 Å². The van der Waals surface area contributed by atoms with Crippen molar-refractivity contribution in [1.82, 2.24) is 20.5 Å². The Hall–Kier alpha value is -1.57. The van der Waals surface area contributed by atoms with Crippen molar-refractivity contribution in [2.24, 2.45) is 0 Å². The van der Waals surface area contributed by atoms with E-state index >= 15 is 0 Å². The van der Waals surface area contributed by atoms with Gasteiger partial charge in [0, 0.05) is 57.2 Å². The monoisotopic (exact) mass is 432 g/mol. The molecular weight excluding hydrogens is 411 g/mol. The molecule has 1 aliphatic heterocycles. The third kappa shape index (κ3) is 7.16. The normalized spacial score (nSPS) is 13.8. The highest BCUT2D eigenvalue weighted by molar-refractivity contribution is 6.32. The fourth-order valence-electron chi connectivity index (χ4n) is 2.62. The number of benzene rings is 1. The van der Waals surface area contributed by atoms with Gasteiger partial charge in [0.25, 0.3) is 5.91 Å². The Morgan fingerprint density at radius 2 is 1.89 bits per heavy atom. The first kappa shape index (κ1) is 23.5. The number of nitrogens with one attached hydrogen (secondary N) is 2. The molecule has 0 bridgehead atoms. The molecule has 0 spiro atoms. The molecule has 1 aromatic heterocycles. The van der Waals surface area contributed by atoms with Gasteiger partial charge in [0.2, 0.25) is 0 Å². The first-order valence-electron chi connectivity index (χ1n) is 8.31. The topological polar surface area (TPSA) is 66.5 Å². The molecule has 1 amide bonds. The number of rotatable bonds is 6. The molecule has 148 valence electrons. The van der Waals surface area contributed by atoms with Gasteiger partial charge < -0.3 is 15.4 Å². The number of amides is 1. The Morgan fingerprint density at radius 1 is 1.19 bits per heavy atom. The maximum absolute atomic E-state index is 12.3. The van der Waals surface area contributed by atoms with Crippen LogP contribution >= 0.6 is 36.4 Å². The number of carbonyl (C=O) groups is 1. The molecule has 3 rings (SSSR count). The molecule has 0 atom stereocenters. The van der Waals surface area contributed by atoms with Crippen molar-refractivity contribution in [3.05, 3.63) is 53.3 Å². The molecule has 0 aliphatic carbocycles. The van der Waals surface area contributed by atoms with Crippen LogP contribution in [0.3, 0.4) is 0 Å². The van der Waals surface area contributed by atoms with E-state index in [0.29, 0.717) is 28.6 Å². The molecule has 2 aromatic rings. The summed E-state index contributed by atoms with van der Waals surface area (Å²) in [6, 6.07) is 8.52. The summed E-state index contributed by atoms with van der Waals surface area (Å²) in [4.78, 5) is 18.5. The number of nitrogens with zero attached hydrogens (tertiary/aromatic N) is 2. The van der Waals surface area contributed by atoms with Crippen LogP contribution < -0.4 is 15.4 Å². The number of pyridine rings is 1. The smallest absolute Gasteiger partial charge is 0.251 e. The lowest BCUT2D eigenvalue weighted by atomic mass is 10.2. The lowest BCUT2D eigenvalue weighted by Gasteiger charge is -2.27. The van der Waals surface area contributed by atoms with Crippen LogP contribution in [0.2, 0.25) is 5.02 Å². The number of hydrogen-bond acceptors (Lipinski definition) is 5. The fraction of sp³-hybridized carbons (Fsp3) is 0.333. The Bertz CT molecular complexity index is 713. The highest BCUT2D eigenvalue weighted by Crippen LogP contribution is 2.29. The largest absolute Gasteiger partial charge is 0.456 e. The van der Waals surface area contributed by atoms with Gasteiger partial charge in [-0.3, -0.25) is 14.7 Å². The molecule has 0 unspecified atom stereocenters.